The minimum absolute atomic E-state index is 0.000186. The van der Waals surface area contributed by atoms with Gasteiger partial charge in [-0.1, -0.05) is 36.4 Å². The second-order valence-electron chi connectivity index (χ2n) is 8.64. The van der Waals surface area contributed by atoms with Crippen LogP contribution >= 0.6 is 0 Å². The van der Waals surface area contributed by atoms with Gasteiger partial charge in [0.25, 0.3) is 0 Å². The fraction of sp³-hybridized carbons (Fsp3) is 0.385. The first-order valence-corrected chi connectivity index (χ1v) is 12.0. The second-order valence-corrected chi connectivity index (χ2v) is 8.64. The molecule has 1 unspecified atom stereocenters. The van der Waals surface area contributed by atoms with Gasteiger partial charge >= 0.3 is 5.97 Å². The van der Waals surface area contributed by atoms with Crippen LogP contribution in [0.25, 0.3) is 0 Å². The Bertz CT molecular complexity index is 1050. The third-order valence-corrected chi connectivity index (χ3v) is 6.10. The molecule has 2 amide bonds. The zero-order chi connectivity index (χ0) is 24.6. The summed E-state index contributed by atoms with van der Waals surface area (Å²) in [4.78, 5) is 39.9. The van der Waals surface area contributed by atoms with Gasteiger partial charge in [0.15, 0.2) is 0 Å². The normalized spacial score (nSPS) is 18.6. The van der Waals surface area contributed by atoms with Crippen LogP contribution in [0.1, 0.15) is 26.2 Å². The molecular formula is C26H31N5O4. The summed E-state index contributed by atoms with van der Waals surface area (Å²) in [7, 11) is 0. The standard InChI is InChI=1S/C26H31N5O4/c1-2-35-26(34)22-17-23(31(29-22)21-11-7-4-8-12-21)25(33)28-20-13-15-30(16-14-20)18-24(32)27-19-9-5-3-6-10-19/h3-12,20,23H,2,13-18H2,1H3,(H,27,32)(H,28,33). The first-order chi connectivity index (χ1) is 17.0. The molecule has 9 heteroatoms. The summed E-state index contributed by atoms with van der Waals surface area (Å²) in [5, 5.41) is 12.1. The molecule has 2 aliphatic heterocycles. The zero-order valence-electron chi connectivity index (χ0n) is 19.9. The number of carbonyl (C=O) groups excluding carboxylic acids is 3. The molecule has 0 bridgehead atoms. The van der Waals surface area contributed by atoms with Crippen molar-refractivity contribution in [3.05, 3.63) is 60.7 Å². The van der Waals surface area contributed by atoms with Crippen LogP contribution < -0.4 is 15.6 Å². The highest BCUT2D eigenvalue weighted by Crippen LogP contribution is 2.25. The first kappa shape index (κ1) is 24.4. The highest BCUT2D eigenvalue weighted by molar-refractivity contribution is 6.38. The molecule has 2 aromatic carbocycles. The average molecular weight is 478 g/mol. The summed E-state index contributed by atoms with van der Waals surface area (Å²) in [6.07, 6.45) is 1.68. The molecule has 9 nitrogen and oxygen atoms in total. The van der Waals surface area contributed by atoms with E-state index in [0.717, 1.165) is 24.2 Å². The van der Waals surface area contributed by atoms with Gasteiger partial charge < -0.3 is 15.4 Å². The third kappa shape index (κ3) is 6.45. The molecule has 184 valence electrons. The lowest BCUT2D eigenvalue weighted by Gasteiger charge is -2.33. The molecule has 0 spiro atoms. The van der Waals surface area contributed by atoms with E-state index in [1.807, 2.05) is 60.7 Å². The minimum Gasteiger partial charge on any atom is -0.461 e. The van der Waals surface area contributed by atoms with E-state index in [0.29, 0.717) is 19.6 Å². The van der Waals surface area contributed by atoms with E-state index >= 15 is 0 Å². The van der Waals surface area contributed by atoms with Crippen molar-refractivity contribution in [3.63, 3.8) is 0 Å². The summed E-state index contributed by atoms with van der Waals surface area (Å²) in [5.74, 6) is -0.713. The van der Waals surface area contributed by atoms with Crippen LogP contribution in [0.5, 0.6) is 0 Å². The van der Waals surface area contributed by atoms with E-state index < -0.39 is 12.0 Å². The summed E-state index contributed by atoms with van der Waals surface area (Å²) < 4.78 is 5.10. The van der Waals surface area contributed by atoms with Gasteiger partial charge in [0.1, 0.15) is 11.8 Å². The number of piperidine rings is 1. The monoisotopic (exact) mass is 477 g/mol. The number of hydrogen-bond donors (Lipinski definition) is 2. The van der Waals surface area contributed by atoms with Crippen LogP contribution in [0, 0.1) is 0 Å². The maximum atomic E-state index is 13.2. The van der Waals surface area contributed by atoms with Crippen molar-refractivity contribution in [2.24, 2.45) is 5.10 Å². The number of anilines is 2. The SMILES string of the molecule is CCOC(=O)C1=NN(c2ccccc2)C(C(=O)NC2CCN(CC(=O)Nc3ccccc3)CC2)C1. The van der Waals surface area contributed by atoms with Gasteiger partial charge in [-0.05, 0) is 44.0 Å². The highest BCUT2D eigenvalue weighted by Gasteiger charge is 2.37. The van der Waals surface area contributed by atoms with Crippen LogP contribution in [0.2, 0.25) is 0 Å². The number of nitrogens with zero attached hydrogens (tertiary/aromatic N) is 3. The maximum Gasteiger partial charge on any atom is 0.354 e. The topological polar surface area (TPSA) is 103 Å². The molecule has 1 saturated heterocycles. The van der Waals surface area contributed by atoms with Crippen molar-refractivity contribution < 1.29 is 19.1 Å². The number of rotatable bonds is 8. The van der Waals surface area contributed by atoms with Gasteiger partial charge in [0.05, 0.1) is 18.8 Å². The van der Waals surface area contributed by atoms with E-state index in [1.54, 1.807) is 11.9 Å². The van der Waals surface area contributed by atoms with Crippen LogP contribution in [0.4, 0.5) is 11.4 Å². The molecule has 2 heterocycles. The van der Waals surface area contributed by atoms with E-state index in [4.69, 9.17) is 4.74 Å². The number of nitrogens with one attached hydrogen (secondary N) is 2. The van der Waals surface area contributed by atoms with Crippen LogP contribution in [-0.2, 0) is 19.1 Å². The van der Waals surface area contributed by atoms with Gasteiger partial charge in [-0.15, -0.1) is 0 Å². The molecule has 35 heavy (non-hydrogen) atoms. The summed E-state index contributed by atoms with van der Waals surface area (Å²) in [6.45, 7) is 3.73. The van der Waals surface area contributed by atoms with Crippen molar-refractivity contribution in [1.29, 1.82) is 0 Å². The molecule has 1 fully saturated rings. The average Bonchev–Trinajstić information content (AvgIpc) is 3.33. The van der Waals surface area contributed by atoms with Crippen molar-refractivity contribution in [1.82, 2.24) is 10.2 Å². The first-order valence-electron chi connectivity index (χ1n) is 12.0. The predicted molar refractivity (Wildman–Crippen MR) is 134 cm³/mol. The minimum atomic E-state index is -0.619. The Morgan fingerprint density at radius 3 is 2.31 bits per heavy atom. The van der Waals surface area contributed by atoms with E-state index in [9.17, 15) is 14.4 Å². The van der Waals surface area contributed by atoms with Crippen LogP contribution in [0.15, 0.2) is 65.8 Å². The Labute approximate surface area is 205 Å². The molecule has 2 N–H and O–H groups in total. The Balaban J connectivity index is 1.30. The molecule has 2 aromatic rings. The van der Waals surface area contributed by atoms with Crippen molar-refractivity contribution >= 4 is 34.9 Å². The number of hydrogen-bond acceptors (Lipinski definition) is 7. The lowest BCUT2D eigenvalue weighted by Crippen LogP contribution is -2.51. The fourth-order valence-electron chi connectivity index (χ4n) is 4.33. The summed E-state index contributed by atoms with van der Waals surface area (Å²) >= 11 is 0. The lowest BCUT2D eigenvalue weighted by atomic mass is 10.0. The van der Waals surface area contributed by atoms with Gasteiger partial charge in [-0.3, -0.25) is 19.5 Å². The molecule has 1 atom stereocenters. The number of carbonyl (C=O) groups is 3. The molecule has 0 aromatic heterocycles. The molecular weight excluding hydrogens is 446 g/mol. The fourth-order valence-corrected chi connectivity index (χ4v) is 4.33. The number of likely N-dealkylation sites (tertiary alicyclic amines) is 1. The second kappa shape index (κ2) is 11.6. The predicted octanol–water partition coefficient (Wildman–Crippen LogP) is 2.40. The van der Waals surface area contributed by atoms with E-state index in [1.165, 1.54) is 0 Å². The van der Waals surface area contributed by atoms with Gasteiger partial charge in [-0.25, -0.2) is 4.79 Å². The number of ether oxygens (including phenoxy) is 1. The number of benzene rings is 2. The zero-order valence-corrected chi connectivity index (χ0v) is 19.9. The van der Waals surface area contributed by atoms with Crippen molar-refractivity contribution in [2.45, 2.75) is 38.3 Å². The van der Waals surface area contributed by atoms with Crippen molar-refractivity contribution in [2.75, 3.05) is 36.6 Å². The number of para-hydroxylation sites is 2. The highest BCUT2D eigenvalue weighted by atomic mass is 16.5. The number of esters is 1. The van der Waals surface area contributed by atoms with E-state index in [-0.39, 0.29) is 36.6 Å². The van der Waals surface area contributed by atoms with E-state index in [2.05, 4.69) is 20.6 Å². The smallest absolute Gasteiger partial charge is 0.354 e. The van der Waals surface area contributed by atoms with Gasteiger partial charge in [-0.2, -0.15) is 5.10 Å². The Hall–Kier alpha value is -3.72. The summed E-state index contributed by atoms with van der Waals surface area (Å²) in [5.41, 5.74) is 1.77. The largest absolute Gasteiger partial charge is 0.461 e. The molecule has 0 aliphatic carbocycles. The Morgan fingerprint density at radius 2 is 1.66 bits per heavy atom. The quantitative estimate of drug-likeness (QED) is 0.566. The lowest BCUT2D eigenvalue weighted by molar-refractivity contribution is -0.135. The maximum absolute atomic E-state index is 13.2. The third-order valence-electron chi connectivity index (χ3n) is 6.10. The number of amides is 2. The van der Waals surface area contributed by atoms with Gasteiger partial charge in [0, 0.05) is 31.2 Å². The molecule has 4 rings (SSSR count). The Morgan fingerprint density at radius 1 is 1.00 bits per heavy atom. The summed E-state index contributed by atoms with van der Waals surface area (Å²) in [6, 6.07) is 18.1. The molecule has 0 saturated carbocycles. The van der Waals surface area contributed by atoms with Gasteiger partial charge in [0.2, 0.25) is 11.8 Å². The van der Waals surface area contributed by atoms with Crippen LogP contribution in [-0.4, -0.2) is 66.7 Å². The molecule has 0 radical (unpaired) electrons. The van der Waals surface area contributed by atoms with Crippen LogP contribution in [0.3, 0.4) is 0 Å². The molecule has 2 aliphatic rings. The van der Waals surface area contributed by atoms with Crippen molar-refractivity contribution in [3.8, 4) is 0 Å². The Kier molecular flexibility index (Phi) is 8.10. The number of hydrazone groups is 1.